The van der Waals surface area contributed by atoms with Gasteiger partial charge in [0.05, 0.1) is 7.11 Å². The maximum atomic E-state index is 6.32. The maximum Gasteiger partial charge on any atom is 0.122 e. The van der Waals surface area contributed by atoms with Crippen LogP contribution in [0.3, 0.4) is 0 Å². The van der Waals surface area contributed by atoms with Crippen molar-refractivity contribution in [1.82, 2.24) is 0 Å². The Kier molecular flexibility index (Phi) is 3.20. The molecule has 1 saturated carbocycles. The van der Waals surface area contributed by atoms with Crippen molar-refractivity contribution in [1.29, 1.82) is 0 Å². The van der Waals surface area contributed by atoms with Gasteiger partial charge in [-0.15, -0.1) is 0 Å². The number of hydrogen-bond donors (Lipinski definition) is 1. The van der Waals surface area contributed by atoms with Gasteiger partial charge in [-0.25, -0.2) is 0 Å². The second-order valence-corrected chi connectivity index (χ2v) is 4.82. The molecule has 88 valence electrons. The molecule has 1 atom stereocenters. The smallest absolute Gasteiger partial charge is 0.122 e. The summed E-state index contributed by atoms with van der Waals surface area (Å²) >= 11 is 0. The van der Waals surface area contributed by atoms with Crippen molar-refractivity contribution in [3.05, 3.63) is 28.8 Å². The second kappa shape index (κ2) is 4.46. The van der Waals surface area contributed by atoms with Crippen LogP contribution in [0.1, 0.15) is 42.0 Å². The fourth-order valence-electron chi connectivity index (χ4n) is 2.45. The Morgan fingerprint density at radius 3 is 2.44 bits per heavy atom. The molecule has 0 amide bonds. The zero-order valence-electron chi connectivity index (χ0n) is 10.4. The third kappa shape index (κ3) is 1.82. The maximum absolute atomic E-state index is 6.32. The fourth-order valence-corrected chi connectivity index (χ4v) is 2.45. The molecule has 1 unspecified atom stereocenters. The zero-order valence-corrected chi connectivity index (χ0v) is 10.4. The summed E-state index contributed by atoms with van der Waals surface area (Å²) < 4.78 is 5.32. The molecule has 1 aromatic rings. The van der Waals surface area contributed by atoms with E-state index in [4.69, 9.17) is 10.5 Å². The third-order valence-electron chi connectivity index (χ3n) is 4.02. The molecule has 1 aliphatic rings. The first-order valence-corrected chi connectivity index (χ1v) is 6.04. The lowest BCUT2D eigenvalue weighted by molar-refractivity contribution is 0.263. The average molecular weight is 219 g/mol. The van der Waals surface area contributed by atoms with Crippen LogP contribution < -0.4 is 10.5 Å². The molecule has 0 aromatic heterocycles. The van der Waals surface area contributed by atoms with E-state index in [1.165, 1.54) is 36.0 Å². The Labute approximate surface area is 97.8 Å². The molecule has 1 fully saturated rings. The predicted octanol–water partition coefficient (Wildman–Crippen LogP) is 3.11. The summed E-state index contributed by atoms with van der Waals surface area (Å²) in [5.41, 5.74) is 10.1. The quantitative estimate of drug-likeness (QED) is 0.847. The Balaban J connectivity index is 2.30. The zero-order chi connectivity index (χ0) is 11.7. The van der Waals surface area contributed by atoms with Crippen LogP contribution in [-0.2, 0) is 0 Å². The Bertz CT molecular complexity index is 383. The van der Waals surface area contributed by atoms with Gasteiger partial charge in [0.1, 0.15) is 5.75 Å². The van der Waals surface area contributed by atoms with E-state index in [1.54, 1.807) is 7.11 Å². The highest BCUT2D eigenvalue weighted by Gasteiger charge is 2.27. The molecule has 1 aliphatic carbocycles. The Morgan fingerprint density at radius 1 is 1.25 bits per heavy atom. The molecule has 0 bridgehead atoms. The molecule has 16 heavy (non-hydrogen) atoms. The van der Waals surface area contributed by atoms with Crippen molar-refractivity contribution in [2.45, 2.75) is 39.2 Å². The lowest BCUT2D eigenvalue weighted by atomic mass is 9.76. The first-order valence-electron chi connectivity index (χ1n) is 6.04. The lowest BCUT2D eigenvalue weighted by Crippen LogP contribution is -2.27. The monoisotopic (exact) mass is 219 g/mol. The first kappa shape index (κ1) is 11.5. The van der Waals surface area contributed by atoms with Crippen molar-refractivity contribution in [2.75, 3.05) is 7.11 Å². The molecule has 0 heterocycles. The van der Waals surface area contributed by atoms with Crippen LogP contribution in [0.2, 0.25) is 0 Å². The van der Waals surface area contributed by atoms with Crippen LogP contribution in [-0.4, -0.2) is 7.11 Å². The minimum Gasteiger partial charge on any atom is -0.496 e. The largest absolute Gasteiger partial charge is 0.496 e. The topological polar surface area (TPSA) is 35.2 Å². The number of methoxy groups -OCH3 is 1. The van der Waals surface area contributed by atoms with Gasteiger partial charge in [0.15, 0.2) is 0 Å². The van der Waals surface area contributed by atoms with Crippen LogP contribution >= 0.6 is 0 Å². The van der Waals surface area contributed by atoms with Gasteiger partial charge in [-0.3, -0.25) is 0 Å². The van der Waals surface area contributed by atoms with Gasteiger partial charge in [0.25, 0.3) is 0 Å². The molecule has 1 aromatic carbocycles. The van der Waals surface area contributed by atoms with Crippen LogP contribution in [0.25, 0.3) is 0 Å². The van der Waals surface area contributed by atoms with Crippen molar-refractivity contribution < 1.29 is 4.74 Å². The SMILES string of the molecule is COc1ccc(C(N)C2CCC2)c(C)c1C. The van der Waals surface area contributed by atoms with E-state index in [2.05, 4.69) is 19.9 Å². The van der Waals surface area contributed by atoms with Crippen LogP contribution in [0, 0.1) is 19.8 Å². The van der Waals surface area contributed by atoms with E-state index in [-0.39, 0.29) is 6.04 Å². The summed E-state index contributed by atoms with van der Waals surface area (Å²) in [5, 5.41) is 0. The highest BCUT2D eigenvalue weighted by Crippen LogP contribution is 2.38. The summed E-state index contributed by atoms with van der Waals surface area (Å²) in [6, 6.07) is 4.37. The number of rotatable bonds is 3. The molecule has 0 saturated heterocycles. The van der Waals surface area contributed by atoms with E-state index >= 15 is 0 Å². The summed E-state index contributed by atoms with van der Waals surface area (Å²) in [5.74, 6) is 1.65. The van der Waals surface area contributed by atoms with Crippen LogP contribution in [0.5, 0.6) is 5.75 Å². The third-order valence-corrected chi connectivity index (χ3v) is 4.02. The minimum atomic E-state index is 0.207. The van der Waals surface area contributed by atoms with Gasteiger partial charge >= 0.3 is 0 Å². The summed E-state index contributed by atoms with van der Waals surface area (Å²) in [6.45, 7) is 4.25. The van der Waals surface area contributed by atoms with Crippen LogP contribution in [0.4, 0.5) is 0 Å². The van der Waals surface area contributed by atoms with E-state index < -0.39 is 0 Å². The molecule has 2 N–H and O–H groups in total. The molecule has 2 nitrogen and oxygen atoms in total. The molecule has 0 spiro atoms. The molecular formula is C14H21NO. The number of nitrogens with two attached hydrogens (primary N) is 1. The van der Waals surface area contributed by atoms with Gasteiger partial charge in [-0.2, -0.15) is 0 Å². The number of benzene rings is 1. The number of ether oxygens (including phenoxy) is 1. The normalized spacial score (nSPS) is 18.0. The van der Waals surface area contributed by atoms with Gasteiger partial charge in [0, 0.05) is 6.04 Å². The van der Waals surface area contributed by atoms with E-state index in [1.807, 2.05) is 6.07 Å². The van der Waals surface area contributed by atoms with Crippen molar-refractivity contribution in [2.24, 2.45) is 11.7 Å². The molecule has 0 aliphatic heterocycles. The highest BCUT2D eigenvalue weighted by molar-refractivity contribution is 5.44. The number of hydrogen-bond acceptors (Lipinski definition) is 2. The fraction of sp³-hybridized carbons (Fsp3) is 0.571. The van der Waals surface area contributed by atoms with Crippen molar-refractivity contribution >= 4 is 0 Å². The van der Waals surface area contributed by atoms with Crippen molar-refractivity contribution in [3.63, 3.8) is 0 Å². The second-order valence-electron chi connectivity index (χ2n) is 4.82. The van der Waals surface area contributed by atoms with Crippen molar-refractivity contribution in [3.8, 4) is 5.75 Å². The van der Waals surface area contributed by atoms with E-state index in [0.29, 0.717) is 5.92 Å². The van der Waals surface area contributed by atoms with Crippen LogP contribution in [0.15, 0.2) is 12.1 Å². The molecule has 0 radical (unpaired) electrons. The van der Waals surface area contributed by atoms with Gasteiger partial charge in [-0.1, -0.05) is 12.5 Å². The average Bonchev–Trinajstić information content (AvgIpc) is 2.19. The van der Waals surface area contributed by atoms with E-state index in [0.717, 1.165) is 5.75 Å². The van der Waals surface area contributed by atoms with E-state index in [9.17, 15) is 0 Å². The summed E-state index contributed by atoms with van der Waals surface area (Å²) in [4.78, 5) is 0. The lowest BCUT2D eigenvalue weighted by Gasteiger charge is -2.32. The molecule has 2 heteroatoms. The first-order chi connectivity index (χ1) is 7.65. The predicted molar refractivity (Wildman–Crippen MR) is 66.7 cm³/mol. The Hall–Kier alpha value is -1.02. The molecule has 2 rings (SSSR count). The summed E-state index contributed by atoms with van der Waals surface area (Å²) in [7, 11) is 1.72. The molecular weight excluding hydrogens is 198 g/mol. The minimum absolute atomic E-state index is 0.207. The Morgan fingerprint density at radius 2 is 1.94 bits per heavy atom. The van der Waals surface area contributed by atoms with Gasteiger partial charge < -0.3 is 10.5 Å². The van der Waals surface area contributed by atoms with Gasteiger partial charge in [-0.05, 0) is 55.4 Å². The van der Waals surface area contributed by atoms with Gasteiger partial charge in [0.2, 0.25) is 0 Å². The highest BCUT2D eigenvalue weighted by atomic mass is 16.5. The summed E-state index contributed by atoms with van der Waals surface area (Å²) in [6.07, 6.45) is 3.91. The standard InChI is InChI=1S/C14H21NO/c1-9-10(2)13(16-3)8-7-12(9)14(15)11-5-4-6-11/h7-8,11,14H,4-6,15H2,1-3H3.